The number of sulfonamides is 1. The molecule has 0 saturated carbocycles. The molecule has 1 amide bonds. The second-order valence-electron chi connectivity index (χ2n) is 6.96. The van der Waals surface area contributed by atoms with Crippen LogP contribution in [0.2, 0.25) is 10.0 Å². The number of carbonyl (C=O) groups is 1. The minimum atomic E-state index is -3.74. The number of nitrogens with one attached hydrogen (secondary N) is 1. The van der Waals surface area contributed by atoms with Gasteiger partial charge in [0.1, 0.15) is 4.90 Å². The van der Waals surface area contributed by atoms with Gasteiger partial charge in [0.2, 0.25) is 15.9 Å². The van der Waals surface area contributed by atoms with Crippen LogP contribution in [0, 0.1) is 12.8 Å². The molecule has 0 radical (unpaired) electrons. The van der Waals surface area contributed by atoms with Crippen LogP contribution < -0.4 is 5.32 Å². The monoisotopic (exact) mass is 440 g/mol. The second-order valence-corrected chi connectivity index (χ2v) is 9.71. The lowest BCUT2D eigenvalue weighted by molar-refractivity contribution is -0.126. The highest BCUT2D eigenvalue weighted by Gasteiger charge is 2.33. The summed E-state index contributed by atoms with van der Waals surface area (Å²) in [5.74, 6) is -0.245. The minimum absolute atomic E-state index is 0.00365. The van der Waals surface area contributed by atoms with Crippen LogP contribution in [0.25, 0.3) is 0 Å². The lowest BCUT2D eigenvalue weighted by atomic mass is 9.97. The Morgan fingerprint density at radius 1 is 1.11 bits per heavy atom. The van der Waals surface area contributed by atoms with E-state index in [1.54, 1.807) is 6.07 Å². The van der Waals surface area contributed by atoms with Gasteiger partial charge in [0.05, 0.1) is 5.02 Å². The first-order valence-electron chi connectivity index (χ1n) is 9.06. The van der Waals surface area contributed by atoms with Crippen molar-refractivity contribution >= 4 is 39.1 Å². The Hall–Kier alpha value is -1.60. The first kappa shape index (κ1) is 21.1. The molecule has 2 aromatic carbocycles. The molecule has 0 unspecified atom stereocenters. The van der Waals surface area contributed by atoms with E-state index in [0.29, 0.717) is 24.4 Å². The average molecular weight is 441 g/mol. The molecule has 0 spiro atoms. The van der Waals surface area contributed by atoms with Crippen molar-refractivity contribution in [1.29, 1.82) is 0 Å². The molecule has 5 nitrogen and oxygen atoms in total. The van der Waals surface area contributed by atoms with Crippen LogP contribution >= 0.6 is 23.2 Å². The fraction of sp³-hybridized carbons (Fsp3) is 0.350. The molecule has 0 atom stereocenters. The van der Waals surface area contributed by atoms with Crippen molar-refractivity contribution in [2.24, 2.45) is 5.92 Å². The van der Waals surface area contributed by atoms with Crippen LogP contribution in [0.1, 0.15) is 24.0 Å². The minimum Gasteiger partial charge on any atom is -0.352 e. The number of hydrogen-bond donors (Lipinski definition) is 1. The first-order chi connectivity index (χ1) is 13.3. The van der Waals surface area contributed by atoms with E-state index in [1.807, 2.05) is 31.2 Å². The molecule has 8 heteroatoms. The summed E-state index contributed by atoms with van der Waals surface area (Å²) >= 11 is 12.0. The van der Waals surface area contributed by atoms with Crippen LogP contribution in [0.5, 0.6) is 0 Å². The Balaban J connectivity index is 1.58. The molecule has 1 aliphatic rings. The number of hydrogen-bond acceptors (Lipinski definition) is 3. The number of rotatable bonds is 5. The summed E-state index contributed by atoms with van der Waals surface area (Å²) < 4.78 is 27.1. The van der Waals surface area contributed by atoms with Gasteiger partial charge in [-0.15, -0.1) is 0 Å². The van der Waals surface area contributed by atoms with E-state index < -0.39 is 10.0 Å². The predicted molar refractivity (Wildman–Crippen MR) is 111 cm³/mol. The molecule has 1 aliphatic heterocycles. The fourth-order valence-electron chi connectivity index (χ4n) is 3.21. The van der Waals surface area contributed by atoms with Gasteiger partial charge in [-0.25, -0.2) is 8.42 Å². The van der Waals surface area contributed by atoms with Gasteiger partial charge in [0, 0.05) is 30.6 Å². The van der Waals surface area contributed by atoms with E-state index in [4.69, 9.17) is 23.2 Å². The quantitative estimate of drug-likeness (QED) is 0.762. The lowest BCUT2D eigenvalue weighted by Gasteiger charge is -2.30. The Morgan fingerprint density at radius 2 is 1.75 bits per heavy atom. The molecule has 1 saturated heterocycles. The number of nitrogens with zero attached hydrogens (tertiary/aromatic N) is 1. The van der Waals surface area contributed by atoms with Crippen LogP contribution in [0.4, 0.5) is 0 Å². The first-order valence-corrected chi connectivity index (χ1v) is 11.3. The Morgan fingerprint density at radius 3 is 2.39 bits per heavy atom. The summed E-state index contributed by atoms with van der Waals surface area (Å²) in [6.07, 6.45) is 0.939. The van der Waals surface area contributed by atoms with Crippen LogP contribution in [0.15, 0.2) is 47.4 Å². The molecular weight excluding hydrogens is 419 g/mol. The molecular formula is C20H22Cl2N2O3S. The highest BCUT2D eigenvalue weighted by atomic mass is 35.5. The van der Waals surface area contributed by atoms with E-state index in [0.717, 1.165) is 5.56 Å². The Bertz CT molecular complexity index is 954. The number of piperidine rings is 1. The van der Waals surface area contributed by atoms with Gasteiger partial charge < -0.3 is 5.32 Å². The van der Waals surface area contributed by atoms with E-state index >= 15 is 0 Å². The summed E-state index contributed by atoms with van der Waals surface area (Å²) in [4.78, 5) is 12.4. The van der Waals surface area contributed by atoms with Gasteiger partial charge in [-0.1, -0.05) is 53.0 Å². The van der Waals surface area contributed by atoms with Crippen molar-refractivity contribution in [2.75, 3.05) is 13.1 Å². The summed E-state index contributed by atoms with van der Waals surface area (Å²) in [6.45, 7) is 3.03. The Kier molecular flexibility index (Phi) is 6.65. The third-order valence-electron chi connectivity index (χ3n) is 4.92. The molecule has 0 aliphatic carbocycles. The summed E-state index contributed by atoms with van der Waals surface area (Å²) in [7, 11) is -3.74. The molecule has 150 valence electrons. The number of amides is 1. The van der Waals surface area contributed by atoms with Crippen molar-refractivity contribution in [1.82, 2.24) is 9.62 Å². The molecule has 0 aromatic heterocycles. The van der Waals surface area contributed by atoms with Gasteiger partial charge in [0.25, 0.3) is 0 Å². The van der Waals surface area contributed by atoms with Crippen LogP contribution in [-0.4, -0.2) is 31.7 Å². The molecule has 1 N–H and O–H groups in total. The van der Waals surface area contributed by atoms with Crippen molar-refractivity contribution in [3.8, 4) is 0 Å². The zero-order chi connectivity index (χ0) is 20.3. The van der Waals surface area contributed by atoms with E-state index in [2.05, 4.69) is 5.32 Å². The van der Waals surface area contributed by atoms with Crippen molar-refractivity contribution in [3.05, 3.63) is 63.6 Å². The topological polar surface area (TPSA) is 66.5 Å². The number of aryl methyl sites for hydroxylation is 1. The zero-order valence-corrected chi connectivity index (χ0v) is 17.8. The molecule has 3 rings (SSSR count). The number of halogens is 2. The number of benzene rings is 2. The second kappa shape index (κ2) is 8.82. The van der Waals surface area contributed by atoms with Crippen molar-refractivity contribution < 1.29 is 13.2 Å². The molecule has 1 fully saturated rings. The predicted octanol–water partition coefficient (Wildman–Crippen LogP) is 4.02. The third-order valence-corrected chi connectivity index (χ3v) is 7.54. The molecule has 2 aromatic rings. The highest BCUT2D eigenvalue weighted by molar-refractivity contribution is 7.89. The normalized spacial score (nSPS) is 16.1. The fourth-order valence-corrected chi connectivity index (χ4v) is 5.42. The van der Waals surface area contributed by atoms with Gasteiger partial charge in [0.15, 0.2) is 0 Å². The standard InChI is InChI=1S/C20H22Cl2N2O3S/c1-14-2-4-15(5-3-14)13-23-20(25)16-8-10-24(11-9-16)28(26,27)19-12-17(21)6-7-18(19)22/h2-7,12,16H,8-11,13H2,1H3,(H,23,25). The lowest BCUT2D eigenvalue weighted by Crippen LogP contribution is -2.42. The maximum Gasteiger partial charge on any atom is 0.244 e. The van der Waals surface area contributed by atoms with E-state index in [-0.39, 0.29) is 34.8 Å². The van der Waals surface area contributed by atoms with Crippen LogP contribution in [-0.2, 0) is 21.4 Å². The maximum absolute atomic E-state index is 12.9. The number of carbonyl (C=O) groups excluding carboxylic acids is 1. The zero-order valence-electron chi connectivity index (χ0n) is 15.5. The summed E-state index contributed by atoms with van der Waals surface area (Å²) in [5, 5.41) is 3.40. The third kappa shape index (κ3) is 4.87. The van der Waals surface area contributed by atoms with Crippen molar-refractivity contribution in [2.45, 2.75) is 31.2 Å². The smallest absolute Gasteiger partial charge is 0.244 e. The van der Waals surface area contributed by atoms with Crippen molar-refractivity contribution in [3.63, 3.8) is 0 Å². The van der Waals surface area contributed by atoms with Gasteiger partial charge >= 0.3 is 0 Å². The molecule has 28 heavy (non-hydrogen) atoms. The van der Waals surface area contributed by atoms with Gasteiger partial charge in [-0.05, 0) is 43.5 Å². The largest absolute Gasteiger partial charge is 0.352 e. The van der Waals surface area contributed by atoms with E-state index in [9.17, 15) is 13.2 Å². The molecule has 0 bridgehead atoms. The average Bonchev–Trinajstić information content (AvgIpc) is 2.69. The Labute approximate surface area is 175 Å². The van der Waals surface area contributed by atoms with Gasteiger partial charge in [-0.2, -0.15) is 4.31 Å². The highest BCUT2D eigenvalue weighted by Crippen LogP contribution is 2.30. The van der Waals surface area contributed by atoms with Crippen LogP contribution in [0.3, 0.4) is 0 Å². The summed E-state index contributed by atoms with van der Waals surface area (Å²) in [6, 6.07) is 12.4. The van der Waals surface area contributed by atoms with Gasteiger partial charge in [-0.3, -0.25) is 4.79 Å². The summed E-state index contributed by atoms with van der Waals surface area (Å²) in [5.41, 5.74) is 2.21. The SMILES string of the molecule is Cc1ccc(CNC(=O)C2CCN(S(=O)(=O)c3cc(Cl)ccc3Cl)CC2)cc1. The van der Waals surface area contributed by atoms with E-state index in [1.165, 1.54) is 22.0 Å². The maximum atomic E-state index is 12.9. The molecule has 1 heterocycles.